The van der Waals surface area contributed by atoms with E-state index in [0.29, 0.717) is 6.42 Å². The standard InChI is InChI=1S/C13H9NO.C10H9N/c15-11-5-6-13-10(8-11)7-9-3-1-2-4-12(9)14-13;1-8-6-7-9-4-2-3-5-10(9)11-8/h1-7H,8H2;2-7H,1H3. The lowest BCUT2D eigenvalue weighted by Gasteiger charge is -2.09. The lowest BCUT2D eigenvalue weighted by Crippen LogP contribution is -2.06. The summed E-state index contributed by atoms with van der Waals surface area (Å²) in [6, 6.07) is 22.3. The SMILES string of the molecule is Cc1ccc2ccccc2n1.O=C1C=Cc2nc3ccccc3cc2C1. The zero-order valence-corrected chi connectivity index (χ0v) is 14.5. The number of pyridine rings is 2. The van der Waals surface area contributed by atoms with Gasteiger partial charge in [-0.25, -0.2) is 4.98 Å². The van der Waals surface area contributed by atoms with Crippen molar-refractivity contribution >= 4 is 33.7 Å². The van der Waals surface area contributed by atoms with Crippen molar-refractivity contribution in [3.05, 3.63) is 89.8 Å². The van der Waals surface area contributed by atoms with Gasteiger partial charge in [0.05, 0.1) is 16.7 Å². The van der Waals surface area contributed by atoms with Gasteiger partial charge in [-0.1, -0.05) is 42.5 Å². The third-order valence-corrected chi connectivity index (χ3v) is 4.37. The molecule has 0 fully saturated rings. The van der Waals surface area contributed by atoms with E-state index in [1.165, 1.54) is 5.39 Å². The van der Waals surface area contributed by atoms with Crippen LogP contribution in [0, 0.1) is 6.92 Å². The minimum Gasteiger partial charge on any atom is -0.294 e. The van der Waals surface area contributed by atoms with Gasteiger partial charge in [-0.15, -0.1) is 0 Å². The average Bonchev–Trinajstić information content (AvgIpc) is 2.67. The molecule has 2 aromatic heterocycles. The van der Waals surface area contributed by atoms with Gasteiger partial charge in [0.15, 0.2) is 5.78 Å². The van der Waals surface area contributed by atoms with Crippen LogP contribution in [0.1, 0.15) is 17.0 Å². The van der Waals surface area contributed by atoms with Crippen molar-refractivity contribution < 1.29 is 4.79 Å². The number of hydrogen-bond acceptors (Lipinski definition) is 3. The summed E-state index contributed by atoms with van der Waals surface area (Å²) in [5, 5.41) is 2.30. The van der Waals surface area contributed by atoms with E-state index in [-0.39, 0.29) is 5.78 Å². The van der Waals surface area contributed by atoms with E-state index >= 15 is 0 Å². The predicted molar refractivity (Wildman–Crippen MR) is 106 cm³/mol. The van der Waals surface area contributed by atoms with Gasteiger partial charge in [-0.3, -0.25) is 9.78 Å². The Labute approximate surface area is 152 Å². The van der Waals surface area contributed by atoms with Crippen LogP contribution in [-0.4, -0.2) is 15.8 Å². The Bertz CT molecular complexity index is 1150. The predicted octanol–water partition coefficient (Wildman–Crippen LogP) is 4.92. The summed E-state index contributed by atoms with van der Waals surface area (Å²) in [7, 11) is 0. The summed E-state index contributed by atoms with van der Waals surface area (Å²) >= 11 is 0. The number of ketones is 1. The van der Waals surface area contributed by atoms with Crippen LogP contribution in [0.3, 0.4) is 0 Å². The number of carbonyl (C=O) groups is 1. The highest BCUT2D eigenvalue weighted by Crippen LogP contribution is 2.21. The molecule has 0 radical (unpaired) electrons. The maximum atomic E-state index is 11.2. The van der Waals surface area contributed by atoms with Crippen LogP contribution in [0.25, 0.3) is 27.9 Å². The highest BCUT2D eigenvalue weighted by Gasteiger charge is 2.12. The smallest absolute Gasteiger partial charge is 0.160 e. The Hall–Kier alpha value is -3.33. The van der Waals surface area contributed by atoms with Gasteiger partial charge >= 0.3 is 0 Å². The third-order valence-electron chi connectivity index (χ3n) is 4.37. The minimum atomic E-state index is 0.152. The number of para-hydroxylation sites is 2. The Kier molecular flexibility index (Phi) is 4.28. The molecular formula is C23H18N2O. The molecule has 2 heterocycles. The molecule has 0 saturated carbocycles. The Morgan fingerprint density at radius 3 is 2.27 bits per heavy atom. The number of benzene rings is 2. The Morgan fingerprint density at radius 1 is 0.769 bits per heavy atom. The molecule has 0 aliphatic heterocycles. The maximum Gasteiger partial charge on any atom is 0.160 e. The molecule has 3 nitrogen and oxygen atoms in total. The van der Waals surface area contributed by atoms with E-state index in [1.807, 2.05) is 55.5 Å². The van der Waals surface area contributed by atoms with Crippen LogP contribution in [0.4, 0.5) is 0 Å². The number of allylic oxidation sites excluding steroid dienone is 1. The van der Waals surface area contributed by atoms with Crippen LogP contribution in [0.5, 0.6) is 0 Å². The van der Waals surface area contributed by atoms with E-state index in [0.717, 1.165) is 33.4 Å². The van der Waals surface area contributed by atoms with Gasteiger partial charge in [0.25, 0.3) is 0 Å². The van der Waals surface area contributed by atoms with Crippen LogP contribution >= 0.6 is 0 Å². The van der Waals surface area contributed by atoms with Crippen LogP contribution in [0.15, 0.2) is 72.8 Å². The molecule has 1 aliphatic carbocycles. The van der Waals surface area contributed by atoms with Gasteiger partial charge in [-0.2, -0.15) is 0 Å². The second kappa shape index (κ2) is 6.89. The molecule has 0 amide bonds. The molecule has 5 rings (SSSR count). The molecule has 0 N–H and O–H groups in total. The summed E-state index contributed by atoms with van der Waals surface area (Å²) in [4.78, 5) is 20.1. The van der Waals surface area contributed by atoms with Crippen LogP contribution in [0.2, 0.25) is 0 Å². The largest absolute Gasteiger partial charge is 0.294 e. The molecule has 26 heavy (non-hydrogen) atoms. The fraction of sp³-hybridized carbons (Fsp3) is 0.0870. The van der Waals surface area contributed by atoms with Gasteiger partial charge in [-0.05, 0) is 48.9 Å². The summed E-state index contributed by atoms with van der Waals surface area (Å²) in [6.07, 6.45) is 3.88. The first-order valence-corrected chi connectivity index (χ1v) is 8.61. The monoisotopic (exact) mass is 338 g/mol. The van der Waals surface area contributed by atoms with Gasteiger partial charge in [0, 0.05) is 22.9 Å². The quantitative estimate of drug-likeness (QED) is 0.457. The van der Waals surface area contributed by atoms with Gasteiger partial charge in [0.2, 0.25) is 0 Å². The number of aromatic nitrogens is 2. The summed E-state index contributed by atoms with van der Waals surface area (Å²) in [5.74, 6) is 0.152. The summed E-state index contributed by atoms with van der Waals surface area (Å²) in [6.45, 7) is 2.01. The number of hydrogen-bond donors (Lipinski definition) is 0. The fourth-order valence-corrected chi connectivity index (χ4v) is 3.05. The zero-order chi connectivity index (χ0) is 17.9. The molecule has 0 spiro atoms. The molecule has 126 valence electrons. The number of fused-ring (bicyclic) bond motifs is 3. The number of carbonyl (C=O) groups excluding carboxylic acids is 1. The van der Waals surface area contributed by atoms with Crippen molar-refractivity contribution in [3.8, 4) is 0 Å². The van der Waals surface area contributed by atoms with Crippen molar-refractivity contribution in [2.75, 3.05) is 0 Å². The van der Waals surface area contributed by atoms with E-state index in [4.69, 9.17) is 0 Å². The number of rotatable bonds is 0. The first-order valence-electron chi connectivity index (χ1n) is 8.61. The van der Waals surface area contributed by atoms with Crippen LogP contribution in [-0.2, 0) is 11.2 Å². The second-order valence-corrected chi connectivity index (χ2v) is 6.35. The minimum absolute atomic E-state index is 0.152. The normalized spacial score (nSPS) is 12.6. The highest BCUT2D eigenvalue weighted by molar-refractivity contribution is 5.99. The maximum absolute atomic E-state index is 11.2. The molecule has 0 atom stereocenters. The third kappa shape index (κ3) is 3.38. The Morgan fingerprint density at radius 2 is 1.46 bits per heavy atom. The molecule has 1 aliphatic rings. The van der Waals surface area contributed by atoms with Gasteiger partial charge in [0.1, 0.15) is 0 Å². The van der Waals surface area contributed by atoms with Crippen LogP contribution < -0.4 is 0 Å². The lowest BCUT2D eigenvalue weighted by atomic mass is 9.99. The molecular weight excluding hydrogens is 320 g/mol. The van der Waals surface area contributed by atoms with E-state index in [1.54, 1.807) is 12.2 Å². The number of nitrogens with zero attached hydrogens (tertiary/aromatic N) is 2. The first kappa shape index (κ1) is 16.2. The molecule has 2 aromatic carbocycles. The van der Waals surface area contributed by atoms with Crippen molar-refractivity contribution in [2.45, 2.75) is 13.3 Å². The summed E-state index contributed by atoms with van der Waals surface area (Å²) in [5.41, 5.74) is 5.08. The van der Waals surface area contributed by atoms with E-state index in [9.17, 15) is 4.79 Å². The molecule has 0 saturated heterocycles. The highest BCUT2D eigenvalue weighted by atomic mass is 16.1. The zero-order valence-electron chi connectivity index (χ0n) is 14.5. The molecule has 0 bridgehead atoms. The fourth-order valence-electron chi connectivity index (χ4n) is 3.05. The van der Waals surface area contributed by atoms with Gasteiger partial charge < -0.3 is 0 Å². The van der Waals surface area contributed by atoms with E-state index < -0.39 is 0 Å². The van der Waals surface area contributed by atoms with Crippen molar-refractivity contribution in [3.63, 3.8) is 0 Å². The van der Waals surface area contributed by atoms with E-state index in [2.05, 4.69) is 28.2 Å². The summed E-state index contributed by atoms with van der Waals surface area (Å²) < 4.78 is 0. The first-order chi connectivity index (χ1) is 12.7. The average molecular weight is 338 g/mol. The lowest BCUT2D eigenvalue weighted by molar-refractivity contribution is -0.114. The molecule has 0 unspecified atom stereocenters. The van der Waals surface area contributed by atoms with Crippen molar-refractivity contribution in [1.82, 2.24) is 9.97 Å². The topological polar surface area (TPSA) is 42.9 Å². The van der Waals surface area contributed by atoms with Crippen molar-refractivity contribution in [1.29, 1.82) is 0 Å². The Balaban J connectivity index is 0.000000136. The van der Waals surface area contributed by atoms with Crippen molar-refractivity contribution in [2.24, 2.45) is 0 Å². The molecule has 3 heteroatoms. The molecule has 4 aromatic rings. The number of aryl methyl sites for hydroxylation is 1. The second-order valence-electron chi connectivity index (χ2n) is 6.35.